The fourth-order valence-corrected chi connectivity index (χ4v) is 3.79. The van der Waals surface area contributed by atoms with Crippen molar-refractivity contribution in [2.24, 2.45) is 0 Å². The number of alkyl carbamates (subject to hydrolysis) is 1. The number of likely N-dealkylation sites (tertiary alicyclic amines) is 1. The van der Waals surface area contributed by atoms with Gasteiger partial charge in [-0.1, -0.05) is 54.6 Å². The molecule has 0 saturated carbocycles. The van der Waals surface area contributed by atoms with E-state index in [2.05, 4.69) is 34.9 Å². The number of piperidine rings is 1. The van der Waals surface area contributed by atoms with Gasteiger partial charge >= 0.3 is 12.2 Å². The van der Waals surface area contributed by atoms with Crippen LogP contribution in [0.15, 0.2) is 54.6 Å². The van der Waals surface area contributed by atoms with Crippen LogP contribution in [-0.2, 0) is 29.0 Å². The molecule has 0 aliphatic carbocycles. The van der Waals surface area contributed by atoms with Crippen molar-refractivity contribution in [1.82, 2.24) is 15.5 Å². The van der Waals surface area contributed by atoms with Crippen LogP contribution in [0.3, 0.4) is 0 Å². The third-order valence-electron chi connectivity index (χ3n) is 5.66. The molecule has 184 valence electrons. The Balaban J connectivity index is 1.31. The molecule has 0 unspecified atom stereocenters. The summed E-state index contributed by atoms with van der Waals surface area (Å²) >= 11 is 0. The van der Waals surface area contributed by atoms with Crippen LogP contribution in [0.1, 0.15) is 50.3 Å². The van der Waals surface area contributed by atoms with Gasteiger partial charge in [0.1, 0.15) is 12.2 Å². The lowest BCUT2D eigenvalue weighted by molar-refractivity contribution is 0.0528. The highest BCUT2D eigenvalue weighted by molar-refractivity contribution is 5.68. The molecular weight excluding hydrogens is 430 g/mol. The standard InChI is InChI=1S/C27H37N3O4/c1-27(2,3)34-25(31)28-16-13-21-9-11-22(12-10-21)19-29-24-14-17-30(18-15-24)26(32)33-20-23-7-5-4-6-8-23/h4-12,24,29H,13-20H2,1-3H3,(H,28,31). The summed E-state index contributed by atoms with van der Waals surface area (Å²) in [6.07, 6.45) is 1.96. The van der Waals surface area contributed by atoms with Gasteiger partial charge in [0.05, 0.1) is 0 Å². The van der Waals surface area contributed by atoms with Crippen LogP contribution in [0.4, 0.5) is 9.59 Å². The van der Waals surface area contributed by atoms with Crippen molar-refractivity contribution in [1.29, 1.82) is 0 Å². The van der Waals surface area contributed by atoms with E-state index in [9.17, 15) is 9.59 Å². The molecule has 2 aromatic carbocycles. The number of hydrogen-bond acceptors (Lipinski definition) is 5. The van der Waals surface area contributed by atoms with E-state index >= 15 is 0 Å². The number of hydrogen-bond donors (Lipinski definition) is 2. The molecule has 1 fully saturated rings. The highest BCUT2D eigenvalue weighted by atomic mass is 16.6. The second-order valence-corrected chi connectivity index (χ2v) is 9.68. The Kier molecular flexibility index (Phi) is 9.33. The predicted molar refractivity (Wildman–Crippen MR) is 132 cm³/mol. The van der Waals surface area contributed by atoms with Crippen LogP contribution in [0.25, 0.3) is 0 Å². The number of ether oxygens (including phenoxy) is 2. The molecule has 1 aliphatic heterocycles. The smallest absolute Gasteiger partial charge is 0.410 e. The van der Waals surface area contributed by atoms with Gasteiger partial charge in [-0.15, -0.1) is 0 Å². The van der Waals surface area contributed by atoms with Crippen LogP contribution >= 0.6 is 0 Å². The first-order chi connectivity index (χ1) is 16.3. The molecule has 34 heavy (non-hydrogen) atoms. The molecule has 0 spiro atoms. The van der Waals surface area contributed by atoms with Crippen molar-refractivity contribution in [2.45, 2.75) is 64.8 Å². The maximum atomic E-state index is 12.3. The Morgan fingerprint density at radius 2 is 1.59 bits per heavy atom. The number of nitrogens with zero attached hydrogens (tertiary/aromatic N) is 1. The fourth-order valence-electron chi connectivity index (χ4n) is 3.79. The number of carbonyl (C=O) groups is 2. The largest absolute Gasteiger partial charge is 0.445 e. The zero-order chi connectivity index (χ0) is 24.4. The van der Waals surface area contributed by atoms with Gasteiger partial charge in [-0.3, -0.25) is 0 Å². The van der Waals surface area contributed by atoms with Gasteiger partial charge in [-0.2, -0.15) is 0 Å². The van der Waals surface area contributed by atoms with E-state index in [1.54, 1.807) is 4.90 Å². The molecule has 1 heterocycles. The van der Waals surface area contributed by atoms with Gasteiger partial charge in [-0.25, -0.2) is 9.59 Å². The molecule has 7 nitrogen and oxygen atoms in total. The molecule has 2 aromatic rings. The minimum atomic E-state index is -0.485. The normalized spacial score (nSPS) is 14.5. The summed E-state index contributed by atoms with van der Waals surface area (Å²) in [5, 5.41) is 6.39. The Labute approximate surface area is 202 Å². The number of amides is 2. The number of carbonyl (C=O) groups excluding carboxylic acids is 2. The number of benzene rings is 2. The van der Waals surface area contributed by atoms with Crippen molar-refractivity contribution in [3.8, 4) is 0 Å². The molecule has 3 rings (SSSR count). The van der Waals surface area contributed by atoms with E-state index in [1.807, 2.05) is 51.1 Å². The highest BCUT2D eigenvalue weighted by Gasteiger charge is 2.23. The quantitative estimate of drug-likeness (QED) is 0.591. The SMILES string of the molecule is CC(C)(C)OC(=O)NCCc1ccc(CNC2CCN(C(=O)OCc3ccccc3)CC2)cc1. The van der Waals surface area contributed by atoms with E-state index in [0.29, 0.717) is 32.3 Å². The van der Waals surface area contributed by atoms with Crippen LogP contribution in [0.5, 0.6) is 0 Å². The maximum Gasteiger partial charge on any atom is 0.410 e. The van der Waals surface area contributed by atoms with Crippen LogP contribution in [-0.4, -0.2) is 48.4 Å². The van der Waals surface area contributed by atoms with Crippen molar-refractivity contribution < 1.29 is 19.1 Å². The summed E-state index contributed by atoms with van der Waals surface area (Å²) in [6, 6.07) is 18.6. The average molecular weight is 468 g/mol. The van der Waals surface area contributed by atoms with Crippen LogP contribution in [0.2, 0.25) is 0 Å². The van der Waals surface area contributed by atoms with Crippen molar-refractivity contribution >= 4 is 12.2 Å². The summed E-state index contributed by atoms with van der Waals surface area (Å²) in [5.74, 6) is 0. The minimum Gasteiger partial charge on any atom is -0.445 e. The summed E-state index contributed by atoms with van der Waals surface area (Å²) < 4.78 is 10.7. The monoisotopic (exact) mass is 467 g/mol. The second kappa shape index (κ2) is 12.4. The molecule has 7 heteroatoms. The van der Waals surface area contributed by atoms with Crippen molar-refractivity contribution in [2.75, 3.05) is 19.6 Å². The lowest BCUT2D eigenvalue weighted by atomic mass is 10.0. The molecule has 2 amide bonds. The molecule has 1 aliphatic rings. The van der Waals surface area contributed by atoms with E-state index in [-0.39, 0.29) is 12.2 Å². The van der Waals surface area contributed by atoms with Gasteiger partial charge in [0.2, 0.25) is 0 Å². The fraction of sp³-hybridized carbons (Fsp3) is 0.481. The van der Waals surface area contributed by atoms with E-state index in [4.69, 9.17) is 9.47 Å². The molecule has 0 radical (unpaired) electrons. The molecular formula is C27H37N3O4. The van der Waals surface area contributed by atoms with Gasteiger partial charge in [0.15, 0.2) is 0 Å². The van der Waals surface area contributed by atoms with E-state index < -0.39 is 5.60 Å². The lowest BCUT2D eigenvalue weighted by Gasteiger charge is -2.31. The zero-order valence-electron chi connectivity index (χ0n) is 20.5. The predicted octanol–water partition coefficient (Wildman–Crippen LogP) is 4.64. The zero-order valence-corrected chi connectivity index (χ0v) is 20.5. The Morgan fingerprint density at radius 1 is 0.941 bits per heavy atom. The van der Waals surface area contributed by atoms with Gasteiger partial charge in [0, 0.05) is 32.2 Å². The molecule has 0 atom stereocenters. The van der Waals surface area contributed by atoms with Gasteiger partial charge < -0.3 is 25.0 Å². The minimum absolute atomic E-state index is 0.237. The lowest BCUT2D eigenvalue weighted by Crippen LogP contribution is -2.44. The maximum absolute atomic E-state index is 12.3. The second-order valence-electron chi connectivity index (χ2n) is 9.68. The third-order valence-corrected chi connectivity index (χ3v) is 5.66. The van der Waals surface area contributed by atoms with Gasteiger partial charge in [-0.05, 0) is 56.7 Å². The average Bonchev–Trinajstić information content (AvgIpc) is 2.82. The van der Waals surface area contributed by atoms with Gasteiger partial charge in [0.25, 0.3) is 0 Å². The Bertz CT molecular complexity index is 902. The Hall–Kier alpha value is -3.06. The molecule has 1 saturated heterocycles. The third kappa shape index (κ3) is 9.06. The van der Waals surface area contributed by atoms with Crippen LogP contribution < -0.4 is 10.6 Å². The van der Waals surface area contributed by atoms with Crippen molar-refractivity contribution in [3.05, 3.63) is 71.3 Å². The molecule has 2 N–H and O–H groups in total. The highest BCUT2D eigenvalue weighted by Crippen LogP contribution is 2.14. The number of nitrogens with one attached hydrogen (secondary N) is 2. The van der Waals surface area contributed by atoms with E-state index in [1.165, 1.54) is 11.1 Å². The van der Waals surface area contributed by atoms with Crippen LogP contribution in [0, 0.1) is 0 Å². The first-order valence-corrected chi connectivity index (χ1v) is 12.0. The van der Waals surface area contributed by atoms with Crippen molar-refractivity contribution in [3.63, 3.8) is 0 Å². The first kappa shape index (κ1) is 25.6. The summed E-state index contributed by atoms with van der Waals surface area (Å²) in [5.41, 5.74) is 2.90. The Morgan fingerprint density at radius 3 is 2.24 bits per heavy atom. The first-order valence-electron chi connectivity index (χ1n) is 12.0. The topological polar surface area (TPSA) is 79.9 Å². The number of rotatable bonds is 8. The summed E-state index contributed by atoms with van der Waals surface area (Å²) in [6.45, 7) is 8.60. The molecule has 0 bridgehead atoms. The summed E-state index contributed by atoms with van der Waals surface area (Å²) in [4.78, 5) is 25.8. The molecule has 0 aromatic heterocycles. The van der Waals surface area contributed by atoms with E-state index in [0.717, 1.165) is 31.4 Å². The summed E-state index contributed by atoms with van der Waals surface area (Å²) in [7, 11) is 0.